The molecule has 9 heteroatoms. The van der Waals surface area contributed by atoms with Crippen LogP contribution < -0.4 is 10.6 Å². The number of amides is 2. The zero-order chi connectivity index (χ0) is 15.3. The normalized spacial score (nSPS) is 11.7. The molecule has 20 heavy (non-hydrogen) atoms. The molecular formula is C11H16N4O5. The first-order chi connectivity index (χ1) is 9.33. The molecule has 0 spiro atoms. The Hall–Kier alpha value is -2.58. The smallest absolute Gasteiger partial charge is 0.326 e. The number of hydrogen-bond acceptors (Lipinski definition) is 4. The minimum absolute atomic E-state index is 0.451. The zero-order valence-electron chi connectivity index (χ0n) is 11.1. The Morgan fingerprint density at radius 3 is 2.55 bits per heavy atom. The van der Waals surface area contributed by atoms with Gasteiger partial charge in [0, 0.05) is 13.2 Å². The lowest BCUT2D eigenvalue weighted by molar-refractivity contribution is -0.145. The van der Waals surface area contributed by atoms with Crippen molar-refractivity contribution in [2.75, 3.05) is 5.32 Å². The van der Waals surface area contributed by atoms with Crippen LogP contribution in [0.4, 0.5) is 10.5 Å². The van der Waals surface area contributed by atoms with Gasteiger partial charge >= 0.3 is 18.0 Å². The molecule has 1 atom stereocenters. The maximum atomic E-state index is 11.7. The van der Waals surface area contributed by atoms with Gasteiger partial charge in [0.05, 0.1) is 17.8 Å². The molecule has 0 saturated carbocycles. The van der Waals surface area contributed by atoms with E-state index < -0.39 is 30.4 Å². The number of aromatic nitrogens is 2. The molecule has 1 heterocycles. The first-order valence-corrected chi connectivity index (χ1v) is 5.88. The van der Waals surface area contributed by atoms with Gasteiger partial charge in [-0.3, -0.25) is 9.48 Å². The number of hydrogen-bond donors (Lipinski definition) is 4. The van der Waals surface area contributed by atoms with Crippen LogP contribution in [0.25, 0.3) is 0 Å². The lowest BCUT2D eigenvalue weighted by Gasteiger charge is -2.13. The molecule has 0 aliphatic rings. The van der Waals surface area contributed by atoms with Crippen LogP contribution in [-0.4, -0.2) is 44.0 Å². The summed E-state index contributed by atoms with van der Waals surface area (Å²) in [4.78, 5) is 33.0. The Kier molecular flexibility index (Phi) is 5.07. The number of carboxylic acids is 2. The van der Waals surface area contributed by atoms with E-state index in [-0.39, 0.29) is 0 Å². The van der Waals surface area contributed by atoms with Crippen molar-refractivity contribution in [1.29, 1.82) is 0 Å². The van der Waals surface area contributed by atoms with Crippen molar-refractivity contribution in [3.8, 4) is 0 Å². The third kappa shape index (κ3) is 4.26. The second kappa shape index (κ2) is 6.55. The minimum Gasteiger partial charge on any atom is -0.481 e. The fraction of sp³-hybridized carbons (Fsp3) is 0.455. The summed E-state index contributed by atoms with van der Waals surface area (Å²) in [5.41, 5.74) is 1.10. The van der Waals surface area contributed by atoms with Crippen molar-refractivity contribution in [3.05, 3.63) is 11.9 Å². The summed E-state index contributed by atoms with van der Waals surface area (Å²) in [7, 11) is 1.69. The molecule has 0 aliphatic heterocycles. The van der Waals surface area contributed by atoms with Crippen LogP contribution in [0.1, 0.15) is 19.0 Å². The number of carbonyl (C=O) groups is 3. The summed E-state index contributed by atoms with van der Waals surface area (Å²) >= 11 is 0. The van der Waals surface area contributed by atoms with Crippen molar-refractivity contribution in [3.63, 3.8) is 0 Å². The predicted octanol–water partition coefficient (Wildman–Crippen LogP) is 0.0319. The minimum atomic E-state index is -1.49. The van der Waals surface area contributed by atoms with Crippen molar-refractivity contribution in [2.45, 2.75) is 25.8 Å². The van der Waals surface area contributed by atoms with E-state index in [0.717, 1.165) is 0 Å². The molecule has 0 fully saturated rings. The summed E-state index contributed by atoms with van der Waals surface area (Å²) in [6.45, 7) is 1.86. The number of nitrogens with one attached hydrogen (secondary N) is 2. The van der Waals surface area contributed by atoms with E-state index in [1.807, 2.05) is 6.92 Å². The molecule has 1 aromatic rings. The number of carbonyl (C=O) groups excluding carboxylic acids is 1. The zero-order valence-corrected chi connectivity index (χ0v) is 11.1. The molecule has 0 unspecified atom stereocenters. The van der Waals surface area contributed by atoms with Gasteiger partial charge in [-0.1, -0.05) is 6.92 Å². The van der Waals surface area contributed by atoms with Gasteiger partial charge in [-0.15, -0.1) is 0 Å². The number of rotatable bonds is 6. The van der Waals surface area contributed by atoms with Crippen LogP contribution >= 0.6 is 0 Å². The maximum absolute atomic E-state index is 11.7. The molecule has 1 aromatic heterocycles. The Labute approximate surface area is 114 Å². The van der Waals surface area contributed by atoms with Crippen molar-refractivity contribution < 1.29 is 24.6 Å². The van der Waals surface area contributed by atoms with Gasteiger partial charge in [-0.05, 0) is 6.42 Å². The fourth-order valence-corrected chi connectivity index (χ4v) is 1.59. The van der Waals surface area contributed by atoms with Crippen LogP contribution in [0.5, 0.6) is 0 Å². The largest absolute Gasteiger partial charge is 0.481 e. The monoisotopic (exact) mass is 284 g/mol. The first-order valence-electron chi connectivity index (χ1n) is 5.88. The van der Waals surface area contributed by atoms with E-state index in [4.69, 9.17) is 10.2 Å². The quantitative estimate of drug-likeness (QED) is 0.582. The van der Waals surface area contributed by atoms with Gasteiger partial charge in [-0.25, -0.2) is 9.59 Å². The number of aryl methyl sites for hydroxylation is 2. The lowest BCUT2D eigenvalue weighted by Crippen LogP contribution is -2.44. The van der Waals surface area contributed by atoms with Gasteiger partial charge in [0.2, 0.25) is 0 Å². The predicted molar refractivity (Wildman–Crippen MR) is 68.4 cm³/mol. The molecule has 1 rings (SSSR count). The van der Waals surface area contributed by atoms with Crippen molar-refractivity contribution >= 4 is 23.7 Å². The van der Waals surface area contributed by atoms with Gasteiger partial charge in [-0.2, -0.15) is 5.10 Å². The van der Waals surface area contributed by atoms with E-state index in [2.05, 4.69) is 15.7 Å². The van der Waals surface area contributed by atoms with Crippen molar-refractivity contribution in [2.24, 2.45) is 7.05 Å². The molecule has 0 bridgehead atoms. The Morgan fingerprint density at radius 2 is 2.05 bits per heavy atom. The number of anilines is 1. The van der Waals surface area contributed by atoms with E-state index >= 15 is 0 Å². The van der Waals surface area contributed by atoms with Crippen molar-refractivity contribution in [1.82, 2.24) is 15.1 Å². The molecule has 0 saturated heterocycles. The molecule has 0 radical (unpaired) electrons. The molecular weight excluding hydrogens is 268 g/mol. The average molecular weight is 284 g/mol. The summed E-state index contributed by atoms with van der Waals surface area (Å²) in [6.07, 6.45) is 1.47. The van der Waals surface area contributed by atoms with E-state index in [9.17, 15) is 14.4 Å². The number of carboxylic acid groups (broad SMARTS) is 2. The molecule has 0 aromatic carbocycles. The Balaban J connectivity index is 2.70. The van der Waals surface area contributed by atoms with E-state index in [1.54, 1.807) is 13.2 Å². The fourth-order valence-electron chi connectivity index (χ4n) is 1.59. The highest BCUT2D eigenvalue weighted by atomic mass is 16.4. The highest BCUT2D eigenvalue weighted by Gasteiger charge is 2.23. The van der Waals surface area contributed by atoms with Crippen LogP contribution in [0, 0.1) is 0 Å². The van der Waals surface area contributed by atoms with E-state index in [1.165, 1.54) is 4.68 Å². The highest BCUT2D eigenvalue weighted by molar-refractivity contribution is 5.93. The molecule has 110 valence electrons. The van der Waals surface area contributed by atoms with Crippen LogP contribution in [0.15, 0.2) is 6.20 Å². The average Bonchev–Trinajstić information content (AvgIpc) is 2.67. The molecule has 9 nitrogen and oxygen atoms in total. The molecule has 4 N–H and O–H groups in total. The molecule has 2 amide bonds. The maximum Gasteiger partial charge on any atom is 0.326 e. The van der Waals surface area contributed by atoms with Crippen LogP contribution in [0.2, 0.25) is 0 Å². The van der Waals surface area contributed by atoms with E-state index in [0.29, 0.717) is 17.8 Å². The van der Waals surface area contributed by atoms with Crippen LogP contribution in [0.3, 0.4) is 0 Å². The lowest BCUT2D eigenvalue weighted by atomic mass is 10.2. The summed E-state index contributed by atoms with van der Waals surface area (Å²) in [5, 5.41) is 26.0. The standard InChI is InChI=1S/C11H16N4O5/c1-3-6-8(5-15(2)14-6)13-11(20)12-7(10(18)19)4-9(16)17/h5,7H,3-4H2,1-2H3,(H,16,17)(H,18,19)(H2,12,13,20)/t7-/m0/s1. The Bertz CT molecular complexity index is 525. The number of aliphatic carboxylic acids is 2. The van der Waals surface area contributed by atoms with Gasteiger partial charge in [0.1, 0.15) is 6.04 Å². The SMILES string of the molecule is CCc1nn(C)cc1NC(=O)N[C@@H](CC(=O)O)C(=O)O. The highest BCUT2D eigenvalue weighted by Crippen LogP contribution is 2.13. The second-order valence-electron chi connectivity index (χ2n) is 4.10. The second-order valence-corrected chi connectivity index (χ2v) is 4.10. The van der Waals surface area contributed by atoms with Gasteiger partial charge < -0.3 is 20.8 Å². The summed E-state index contributed by atoms with van der Waals surface area (Å²) in [6, 6.07) is -2.28. The first kappa shape index (κ1) is 15.5. The Morgan fingerprint density at radius 1 is 1.40 bits per heavy atom. The van der Waals surface area contributed by atoms with Gasteiger partial charge in [0.15, 0.2) is 0 Å². The third-order valence-corrected chi connectivity index (χ3v) is 2.47. The molecule has 0 aliphatic carbocycles. The third-order valence-electron chi connectivity index (χ3n) is 2.47. The number of urea groups is 1. The van der Waals surface area contributed by atoms with Crippen LogP contribution in [-0.2, 0) is 23.1 Å². The summed E-state index contributed by atoms with van der Waals surface area (Å²) < 4.78 is 1.51. The van der Waals surface area contributed by atoms with Gasteiger partial charge in [0.25, 0.3) is 0 Å². The topological polar surface area (TPSA) is 134 Å². The number of nitrogens with zero attached hydrogens (tertiary/aromatic N) is 2. The summed E-state index contributed by atoms with van der Waals surface area (Å²) in [5.74, 6) is -2.72.